The van der Waals surface area contributed by atoms with Crippen LogP contribution in [0, 0.1) is 11.3 Å². The van der Waals surface area contributed by atoms with Crippen LogP contribution in [0.4, 0.5) is 4.79 Å². The maximum atomic E-state index is 11.5. The van der Waals surface area contributed by atoms with E-state index in [1.165, 1.54) is 7.11 Å². The monoisotopic (exact) mass is 267 g/mol. The summed E-state index contributed by atoms with van der Waals surface area (Å²) < 4.78 is 4.71. The lowest BCUT2D eigenvalue weighted by Gasteiger charge is -2.46. The number of ether oxygens (including phenoxy) is 1. The van der Waals surface area contributed by atoms with E-state index in [2.05, 4.69) is 11.0 Å². The number of nitriles is 1. The summed E-state index contributed by atoms with van der Waals surface area (Å²) in [5, 5.41) is 19.1. The van der Waals surface area contributed by atoms with E-state index in [1.807, 2.05) is 0 Å². The van der Waals surface area contributed by atoms with E-state index in [1.54, 1.807) is 4.90 Å². The van der Waals surface area contributed by atoms with Crippen LogP contribution in [-0.4, -0.2) is 65.9 Å². The molecule has 0 aromatic heterocycles. The molecule has 0 aromatic rings. The second-order valence-corrected chi connectivity index (χ2v) is 5.32. The van der Waals surface area contributed by atoms with Gasteiger partial charge in [0.2, 0.25) is 0 Å². The van der Waals surface area contributed by atoms with Crippen LogP contribution in [0.5, 0.6) is 0 Å². The average molecular weight is 267 g/mol. The first-order chi connectivity index (χ1) is 9.11. The molecular weight excluding hydrogens is 246 g/mol. The van der Waals surface area contributed by atoms with Gasteiger partial charge in [0.05, 0.1) is 19.3 Å². The number of amides is 1. The molecule has 19 heavy (non-hydrogen) atoms. The molecule has 2 aliphatic heterocycles. The number of carbonyl (C=O) groups excluding carboxylic acids is 1. The highest BCUT2D eigenvalue weighted by Crippen LogP contribution is 2.31. The molecule has 0 spiro atoms. The molecule has 2 saturated heterocycles. The molecule has 0 bridgehead atoms. The first kappa shape index (κ1) is 14.1. The number of nitrogens with zero attached hydrogens (tertiary/aromatic N) is 3. The highest BCUT2D eigenvalue weighted by molar-refractivity contribution is 5.67. The highest BCUT2D eigenvalue weighted by atomic mass is 16.5. The van der Waals surface area contributed by atoms with Crippen molar-refractivity contribution in [3.05, 3.63) is 0 Å². The minimum Gasteiger partial charge on any atom is -0.453 e. The molecule has 6 nitrogen and oxygen atoms in total. The molecule has 0 saturated carbocycles. The Morgan fingerprint density at radius 2 is 1.89 bits per heavy atom. The Hall–Kier alpha value is -1.32. The van der Waals surface area contributed by atoms with E-state index >= 15 is 0 Å². The molecule has 2 aliphatic rings. The normalized spacial score (nSPS) is 24.8. The van der Waals surface area contributed by atoms with Gasteiger partial charge in [-0.3, -0.25) is 4.90 Å². The summed E-state index contributed by atoms with van der Waals surface area (Å²) in [5.41, 5.74) is -0.481. The minimum atomic E-state index is -0.481. The minimum absolute atomic E-state index is 0.234. The second kappa shape index (κ2) is 5.76. The maximum Gasteiger partial charge on any atom is 0.409 e. The summed E-state index contributed by atoms with van der Waals surface area (Å²) in [6.45, 7) is 2.62. The van der Waals surface area contributed by atoms with Crippen LogP contribution < -0.4 is 0 Å². The summed E-state index contributed by atoms with van der Waals surface area (Å²) >= 11 is 0. The Bertz CT molecular complexity index is 364. The van der Waals surface area contributed by atoms with Crippen molar-refractivity contribution < 1.29 is 14.6 Å². The van der Waals surface area contributed by atoms with Gasteiger partial charge in [0.15, 0.2) is 0 Å². The van der Waals surface area contributed by atoms with Crippen LogP contribution >= 0.6 is 0 Å². The van der Waals surface area contributed by atoms with Gasteiger partial charge in [-0.05, 0) is 25.7 Å². The van der Waals surface area contributed by atoms with Crippen molar-refractivity contribution in [3.8, 4) is 6.07 Å². The van der Waals surface area contributed by atoms with Crippen molar-refractivity contribution in [3.63, 3.8) is 0 Å². The molecule has 106 valence electrons. The summed E-state index contributed by atoms with van der Waals surface area (Å²) in [4.78, 5) is 15.3. The Kier molecular flexibility index (Phi) is 4.27. The van der Waals surface area contributed by atoms with Crippen molar-refractivity contribution in [1.29, 1.82) is 5.26 Å². The van der Waals surface area contributed by atoms with Gasteiger partial charge < -0.3 is 14.7 Å². The number of piperidine rings is 2. The van der Waals surface area contributed by atoms with Crippen LogP contribution in [0.25, 0.3) is 0 Å². The molecule has 1 amide bonds. The number of aliphatic hydroxyl groups is 1. The van der Waals surface area contributed by atoms with Crippen LogP contribution in [0.3, 0.4) is 0 Å². The number of carbonyl (C=O) groups is 1. The van der Waals surface area contributed by atoms with Gasteiger partial charge in [-0.1, -0.05) is 0 Å². The van der Waals surface area contributed by atoms with E-state index in [0.29, 0.717) is 25.9 Å². The molecule has 2 heterocycles. The third kappa shape index (κ3) is 2.82. The molecule has 0 aromatic carbocycles. The number of hydrogen-bond donors (Lipinski definition) is 1. The SMILES string of the molecule is COC(=O)N1CCC(C#N)(N2CCC(O)CC2)CC1. The molecule has 6 heteroatoms. The first-order valence-corrected chi connectivity index (χ1v) is 6.78. The molecule has 2 fully saturated rings. The standard InChI is InChI=1S/C13H21N3O3/c1-19-12(18)15-8-4-13(10-14,5-9-15)16-6-2-11(17)3-7-16/h11,17H,2-9H2,1H3. The molecule has 2 rings (SSSR count). The molecular formula is C13H21N3O3. The number of rotatable bonds is 1. The Morgan fingerprint density at radius 1 is 1.32 bits per heavy atom. The van der Waals surface area contributed by atoms with Gasteiger partial charge in [-0.15, -0.1) is 0 Å². The van der Waals surface area contributed by atoms with Crippen molar-refractivity contribution in [2.24, 2.45) is 0 Å². The number of hydrogen-bond acceptors (Lipinski definition) is 5. The fourth-order valence-corrected chi connectivity index (χ4v) is 2.98. The van der Waals surface area contributed by atoms with Gasteiger partial charge in [0.25, 0.3) is 0 Å². The van der Waals surface area contributed by atoms with Crippen LogP contribution in [0.1, 0.15) is 25.7 Å². The predicted octanol–water partition coefficient (Wildman–Crippen LogP) is 0.568. The topological polar surface area (TPSA) is 76.8 Å². The Morgan fingerprint density at radius 3 is 2.37 bits per heavy atom. The largest absolute Gasteiger partial charge is 0.453 e. The van der Waals surface area contributed by atoms with Crippen molar-refractivity contribution in [1.82, 2.24) is 9.80 Å². The lowest BCUT2D eigenvalue weighted by molar-refractivity contribution is 0.00899. The third-order valence-electron chi connectivity index (χ3n) is 4.30. The molecule has 1 N–H and O–H groups in total. The van der Waals surface area contributed by atoms with Crippen molar-refractivity contribution in [2.75, 3.05) is 33.3 Å². The average Bonchev–Trinajstić information content (AvgIpc) is 2.47. The van der Waals surface area contributed by atoms with E-state index in [-0.39, 0.29) is 12.2 Å². The van der Waals surface area contributed by atoms with E-state index in [0.717, 1.165) is 25.9 Å². The predicted molar refractivity (Wildman–Crippen MR) is 68.4 cm³/mol. The van der Waals surface area contributed by atoms with Crippen LogP contribution in [-0.2, 0) is 4.74 Å². The number of methoxy groups -OCH3 is 1. The lowest BCUT2D eigenvalue weighted by atomic mass is 9.85. The van der Waals surface area contributed by atoms with Crippen LogP contribution in [0.2, 0.25) is 0 Å². The summed E-state index contributed by atoms with van der Waals surface area (Å²) in [7, 11) is 1.38. The summed E-state index contributed by atoms with van der Waals surface area (Å²) in [6, 6.07) is 2.44. The van der Waals surface area contributed by atoms with Crippen molar-refractivity contribution in [2.45, 2.75) is 37.3 Å². The molecule has 0 radical (unpaired) electrons. The number of aliphatic hydroxyl groups excluding tert-OH is 1. The third-order valence-corrected chi connectivity index (χ3v) is 4.30. The lowest BCUT2D eigenvalue weighted by Crippen LogP contribution is -2.57. The Balaban J connectivity index is 1.98. The zero-order valence-corrected chi connectivity index (χ0v) is 11.3. The smallest absolute Gasteiger partial charge is 0.409 e. The van der Waals surface area contributed by atoms with Crippen molar-refractivity contribution >= 4 is 6.09 Å². The fraction of sp³-hybridized carbons (Fsp3) is 0.846. The molecule has 0 aliphatic carbocycles. The number of likely N-dealkylation sites (tertiary alicyclic amines) is 2. The fourth-order valence-electron chi connectivity index (χ4n) is 2.98. The zero-order chi connectivity index (χ0) is 13.9. The van der Waals surface area contributed by atoms with E-state index in [4.69, 9.17) is 4.74 Å². The molecule has 0 atom stereocenters. The highest BCUT2D eigenvalue weighted by Gasteiger charge is 2.42. The van der Waals surface area contributed by atoms with Gasteiger partial charge in [0, 0.05) is 26.2 Å². The van der Waals surface area contributed by atoms with Gasteiger partial charge >= 0.3 is 6.09 Å². The maximum absolute atomic E-state index is 11.5. The Labute approximate surface area is 113 Å². The summed E-state index contributed by atoms with van der Waals surface area (Å²) in [5.74, 6) is 0. The first-order valence-electron chi connectivity index (χ1n) is 6.78. The van der Waals surface area contributed by atoms with Gasteiger partial charge in [-0.2, -0.15) is 5.26 Å². The van der Waals surface area contributed by atoms with E-state index in [9.17, 15) is 15.2 Å². The zero-order valence-electron chi connectivity index (χ0n) is 11.3. The summed E-state index contributed by atoms with van der Waals surface area (Å²) in [6.07, 6.45) is 2.19. The van der Waals surface area contributed by atoms with Gasteiger partial charge in [0.1, 0.15) is 5.54 Å². The van der Waals surface area contributed by atoms with Gasteiger partial charge in [-0.25, -0.2) is 4.79 Å². The second-order valence-electron chi connectivity index (χ2n) is 5.32. The van der Waals surface area contributed by atoms with E-state index < -0.39 is 5.54 Å². The molecule has 0 unspecified atom stereocenters. The van der Waals surface area contributed by atoms with Crippen LogP contribution in [0.15, 0.2) is 0 Å². The quantitative estimate of drug-likeness (QED) is 0.751.